The van der Waals surface area contributed by atoms with Crippen molar-refractivity contribution in [1.29, 1.82) is 0 Å². The number of carbonyl (C=O) groups is 1. The van der Waals surface area contributed by atoms with Gasteiger partial charge in [0.25, 0.3) is 5.56 Å². The molecule has 4 rings (SSSR count). The Morgan fingerprint density at radius 2 is 1.86 bits per heavy atom. The third kappa shape index (κ3) is 3.82. The molecule has 1 atom stereocenters. The number of hydrogen-bond acceptors (Lipinski definition) is 4. The molecule has 6 nitrogen and oxygen atoms in total. The van der Waals surface area contributed by atoms with Crippen molar-refractivity contribution in [2.45, 2.75) is 58.5 Å². The van der Waals surface area contributed by atoms with Crippen LogP contribution in [-0.2, 0) is 11.3 Å². The van der Waals surface area contributed by atoms with Gasteiger partial charge in [-0.15, -0.1) is 0 Å². The SMILES string of the molecule is CCCn1c(C(CC)N2CCN(C(=O)C3CCC3)CC2)nc2ccccc2c1=O. The standard InChI is InChI=1S/C23H32N4O2/c1-3-12-27-21(24-19-11-6-5-10-18(19)23(27)29)20(4-2)25-13-15-26(16-14-25)22(28)17-8-7-9-17/h5-6,10-11,17,20H,3-4,7-9,12-16H2,1-2H3. The van der Waals surface area contributed by atoms with Crippen molar-refractivity contribution in [3.63, 3.8) is 0 Å². The molecule has 1 saturated heterocycles. The second-order valence-corrected chi connectivity index (χ2v) is 8.36. The largest absolute Gasteiger partial charge is 0.340 e. The van der Waals surface area contributed by atoms with Crippen LogP contribution in [-0.4, -0.2) is 51.4 Å². The van der Waals surface area contributed by atoms with Crippen LogP contribution in [0.5, 0.6) is 0 Å². The van der Waals surface area contributed by atoms with Gasteiger partial charge in [-0.25, -0.2) is 4.98 Å². The Bertz CT molecular complexity index is 926. The fraction of sp³-hybridized carbons (Fsp3) is 0.609. The van der Waals surface area contributed by atoms with Crippen molar-refractivity contribution in [2.24, 2.45) is 5.92 Å². The number of rotatable bonds is 6. The number of piperazine rings is 1. The summed E-state index contributed by atoms with van der Waals surface area (Å²) in [5.41, 5.74) is 0.835. The van der Waals surface area contributed by atoms with Gasteiger partial charge in [-0.05, 0) is 37.8 Å². The Hall–Kier alpha value is -2.21. The first-order chi connectivity index (χ1) is 14.1. The van der Waals surface area contributed by atoms with E-state index in [0.717, 1.165) is 63.2 Å². The van der Waals surface area contributed by atoms with Crippen LogP contribution in [0.4, 0.5) is 0 Å². The summed E-state index contributed by atoms with van der Waals surface area (Å²) in [6.45, 7) is 8.17. The van der Waals surface area contributed by atoms with E-state index >= 15 is 0 Å². The second kappa shape index (κ2) is 8.66. The first-order valence-corrected chi connectivity index (χ1v) is 11.2. The van der Waals surface area contributed by atoms with E-state index < -0.39 is 0 Å². The minimum absolute atomic E-state index is 0.0599. The summed E-state index contributed by atoms with van der Waals surface area (Å²) in [6.07, 6.45) is 5.09. The van der Waals surface area contributed by atoms with Gasteiger partial charge in [-0.2, -0.15) is 0 Å². The molecule has 0 spiro atoms. The summed E-state index contributed by atoms with van der Waals surface area (Å²) in [5, 5.41) is 0.690. The van der Waals surface area contributed by atoms with Crippen LogP contribution in [0.1, 0.15) is 57.8 Å². The molecule has 1 aromatic heterocycles. The molecule has 2 heterocycles. The molecule has 1 aromatic carbocycles. The molecule has 1 aliphatic carbocycles. The molecule has 1 unspecified atom stereocenters. The molecule has 0 bridgehead atoms. The van der Waals surface area contributed by atoms with Crippen LogP contribution < -0.4 is 5.56 Å². The fourth-order valence-electron chi connectivity index (χ4n) is 4.65. The number of nitrogens with zero attached hydrogens (tertiary/aromatic N) is 4. The molecule has 0 radical (unpaired) electrons. The van der Waals surface area contributed by atoms with E-state index in [1.165, 1.54) is 6.42 Å². The highest BCUT2D eigenvalue weighted by molar-refractivity contribution is 5.79. The van der Waals surface area contributed by atoms with Crippen LogP contribution >= 0.6 is 0 Å². The van der Waals surface area contributed by atoms with Gasteiger partial charge < -0.3 is 4.90 Å². The number of hydrogen-bond donors (Lipinski definition) is 0. The summed E-state index contributed by atoms with van der Waals surface area (Å²) in [7, 11) is 0. The van der Waals surface area contributed by atoms with Crippen LogP contribution in [0.25, 0.3) is 10.9 Å². The van der Waals surface area contributed by atoms with E-state index in [2.05, 4.69) is 18.7 Å². The van der Waals surface area contributed by atoms with Gasteiger partial charge in [0.05, 0.1) is 16.9 Å². The Morgan fingerprint density at radius 1 is 1.14 bits per heavy atom. The highest BCUT2D eigenvalue weighted by atomic mass is 16.2. The number of carbonyl (C=O) groups excluding carboxylic acids is 1. The Labute approximate surface area is 172 Å². The average Bonchev–Trinajstić information content (AvgIpc) is 2.70. The van der Waals surface area contributed by atoms with Crippen molar-refractivity contribution in [2.75, 3.05) is 26.2 Å². The number of para-hydroxylation sites is 1. The van der Waals surface area contributed by atoms with E-state index in [0.29, 0.717) is 17.8 Å². The van der Waals surface area contributed by atoms with Gasteiger partial charge in [0.1, 0.15) is 5.82 Å². The molecule has 2 aromatic rings. The molecular formula is C23H32N4O2. The maximum Gasteiger partial charge on any atom is 0.261 e. The zero-order valence-corrected chi connectivity index (χ0v) is 17.6. The smallest absolute Gasteiger partial charge is 0.261 e. The van der Waals surface area contributed by atoms with Gasteiger partial charge in [0.15, 0.2) is 0 Å². The van der Waals surface area contributed by atoms with E-state index in [1.807, 2.05) is 33.7 Å². The van der Waals surface area contributed by atoms with Crippen LogP contribution in [0.2, 0.25) is 0 Å². The number of benzene rings is 1. The Kier molecular flexibility index (Phi) is 5.99. The fourth-order valence-corrected chi connectivity index (χ4v) is 4.65. The lowest BCUT2D eigenvalue weighted by Gasteiger charge is -2.41. The third-order valence-corrected chi connectivity index (χ3v) is 6.54. The molecule has 29 heavy (non-hydrogen) atoms. The summed E-state index contributed by atoms with van der Waals surface area (Å²) >= 11 is 0. The van der Waals surface area contributed by atoms with E-state index in [9.17, 15) is 9.59 Å². The van der Waals surface area contributed by atoms with Crippen LogP contribution in [0.3, 0.4) is 0 Å². The van der Waals surface area contributed by atoms with Gasteiger partial charge in [0.2, 0.25) is 5.91 Å². The highest BCUT2D eigenvalue weighted by Gasteiger charge is 2.33. The summed E-state index contributed by atoms with van der Waals surface area (Å²) in [4.78, 5) is 35.1. The summed E-state index contributed by atoms with van der Waals surface area (Å²) < 4.78 is 1.88. The number of amides is 1. The van der Waals surface area contributed by atoms with E-state index in [1.54, 1.807) is 0 Å². The summed E-state index contributed by atoms with van der Waals surface area (Å²) in [6, 6.07) is 7.73. The zero-order valence-electron chi connectivity index (χ0n) is 17.6. The molecule has 1 aliphatic heterocycles. The van der Waals surface area contributed by atoms with Gasteiger partial charge in [-0.3, -0.25) is 19.1 Å². The maximum absolute atomic E-state index is 13.1. The zero-order chi connectivity index (χ0) is 20.4. The maximum atomic E-state index is 13.1. The lowest BCUT2D eigenvalue weighted by molar-refractivity contribution is -0.140. The average molecular weight is 397 g/mol. The van der Waals surface area contributed by atoms with Crippen molar-refractivity contribution in [1.82, 2.24) is 19.4 Å². The molecular weight excluding hydrogens is 364 g/mol. The quantitative estimate of drug-likeness (QED) is 0.752. The predicted molar refractivity (Wildman–Crippen MR) is 115 cm³/mol. The minimum atomic E-state index is 0.0599. The molecule has 0 N–H and O–H groups in total. The predicted octanol–water partition coefficient (Wildman–Crippen LogP) is 3.20. The number of fused-ring (bicyclic) bond motifs is 1. The van der Waals surface area contributed by atoms with Crippen LogP contribution in [0, 0.1) is 5.92 Å². The number of aromatic nitrogens is 2. The van der Waals surface area contributed by atoms with Gasteiger partial charge in [0, 0.05) is 38.6 Å². The molecule has 1 saturated carbocycles. The van der Waals surface area contributed by atoms with Crippen molar-refractivity contribution >= 4 is 16.8 Å². The molecule has 156 valence electrons. The van der Waals surface area contributed by atoms with E-state index in [-0.39, 0.29) is 17.5 Å². The van der Waals surface area contributed by atoms with Gasteiger partial charge >= 0.3 is 0 Å². The lowest BCUT2D eigenvalue weighted by atomic mass is 9.84. The van der Waals surface area contributed by atoms with E-state index in [4.69, 9.17) is 4.98 Å². The first kappa shape index (κ1) is 20.1. The minimum Gasteiger partial charge on any atom is -0.340 e. The highest BCUT2D eigenvalue weighted by Crippen LogP contribution is 2.30. The Balaban J connectivity index is 1.59. The molecule has 1 amide bonds. The third-order valence-electron chi connectivity index (χ3n) is 6.54. The second-order valence-electron chi connectivity index (χ2n) is 8.36. The monoisotopic (exact) mass is 396 g/mol. The van der Waals surface area contributed by atoms with Crippen LogP contribution in [0.15, 0.2) is 29.1 Å². The lowest BCUT2D eigenvalue weighted by Crippen LogP contribution is -2.52. The van der Waals surface area contributed by atoms with Crippen molar-refractivity contribution < 1.29 is 4.79 Å². The molecule has 6 heteroatoms. The van der Waals surface area contributed by atoms with Gasteiger partial charge in [-0.1, -0.05) is 32.4 Å². The first-order valence-electron chi connectivity index (χ1n) is 11.2. The normalized spacial score (nSPS) is 19.3. The topological polar surface area (TPSA) is 58.4 Å². The molecule has 2 fully saturated rings. The molecule has 2 aliphatic rings. The van der Waals surface area contributed by atoms with Crippen molar-refractivity contribution in [3.8, 4) is 0 Å². The summed E-state index contributed by atoms with van der Waals surface area (Å²) in [5.74, 6) is 1.48. The van der Waals surface area contributed by atoms with Crippen molar-refractivity contribution in [3.05, 3.63) is 40.4 Å². The Morgan fingerprint density at radius 3 is 2.48 bits per heavy atom.